The number of carboxylic acids is 3. The largest absolute Gasteiger partial charge is 0.481 e. The van der Waals surface area contributed by atoms with Gasteiger partial charge in [0.25, 0.3) is 0 Å². The van der Waals surface area contributed by atoms with Gasteiger partial charge in [-0.05, 0) is 19.3 Å². The molecule has 0 saturated carbocycles. The summed E-state index contributed by atoms with van der Waals surface area (Å²) in [5, 5.41) is 31.2. The molecule has 174 valence electrons. The number of rotatable bonds is 12. The van der Waals surface area contributed by atoms with Gasteiger partial charge >= 0.3 is 17.9 Å². The Labute approximate surface area is 182 Å². The van der Waals surface area contributed by atoms with Crippen LogP contribution in [0.3, 0.4) is 0 Å². The number of hydrogen-bond acceptors (Lipinski definition) is 8. The van der Waals surface area contributed by atoms with Gasteiger partial charge in [-0.25, -0.2) is 4.79 Å². The maximum absolute atomic E-state index is 12.8. The van der Waals surface area contributed by atoms with Crippen LogP contribution in [0.1, 0.15) is 32.1 Å². The minimum absolute atomic E-state index is 0.147. The van der Waals surface area contributed by atoms with Crippen LogP contribution in [0.25, 0.3) is 0 Å². The molecule has 0 spiro atoms. The third-order valence-electron chi connectivity index (χ3n) is 4.63. The van der Waals surface area contributed by atoms with Crippen LogP contribution >= 0.6 is 12.6 Å². The molecule has 0 aromatic carbocycles. The van der Waals surface area contributed by atoms with Crippen molar-refractivity contribution in [3.8, 4) is 0 Å². The van der Waals surface area contributed by atoms with E-state index >= 15 is 0 Å². The van der Waals surface area contributed by atoms with Crippen molar-refractivity contribution in [2.75, 3.05) is 12.3 Å². The van der Waals surface area contributed by atoms with Crippen LogP contribution in [0, 0.1) is 0 Å². The monoisotopic (exact) mass is 462 g/mol. The Kier molecular flexibility index (Phi) is 10.2. The highest BCUT2D eigenvalue weighted by Crippen LogP contribution is 2.19. The Morgan fingerprint density at radius 3 is 2.19 bits per heavy atom. The summed E-state index contributed by atoms with van der Waals surface area (Å²) in [5.41, 5.74) is 5.48. The molecule has 1 aliphatic heterocycles. The lowest BCUT2D eigenvalue weighted by atomic mass is 10.1. The normalized spacial score (nSPS) is 18.5. The number of thiol groups is 1. The molecule has 7 N–H and O–H groups in total. The van der Waals surface area contributed by atoms with Gasteiger partial charge in [0, 0.05) is 18.7 Å². The van der Waals surface area contributed by atoms with Gasteiger partial charge in [-0.3, -0.25) is 24.0 Å². The molecule has 3 amide bonds. The molecule has 1 rings (SSSR count). The van der Waals surface area contributed by atoms with Gasteiger partial charge in [0.15, 0.2) is 0 Å². The van der Waals surface area contributed by atoms with E-state index in [1.165, 1.54) is 4.90 Å². The first-order valence-electron chi connectivity index (χ1n) is 9.42. The molecule has 1 aliphatic rings. The SMILES string of the molecule is NC(CC(=O)O)C(=O)NC(CS)C(=O)N1CCCC1C(=O)NC(CCC(=O)O)C(=O)O. The minimum atomic E-state index is -1.43. The summed E-state index contributed by atoms with van der Waals surface area (Å²) in [6.45, 7) is 0.172. The first-order valence-corrected chi connectivity index (χ1v) is 10.0. The van der Waals surface area contributed by atoms with Crippen LogP contribution in [0.15, 0.2) is 0 Å². The molecule has 0 aliphatic carbocycles. The number of amides is 3. The number of carbonyl (C=O) groups excluding carboxylic acids is 3. The Balaban J connectivity index is 2.82. The lowest BCUT2D eigenvalue weighted by Gasteiger charge is -2.29. The fourth-order valence-electron chi connectivity index (χ4n) is 3.04. The molecule has 1 heterocycles. The fourth-order valence-corrected chi connectivity index (χ4v) is 3.29. The average Bonchev–Trinajstić information content (AvgIpc) is 3.17. The van der Waals surface area contributed by atoms with Gasteiger partial charge in [0.05, 0.1) is 12.5 Å². The smallest absolute Gasteiger partial charge is 0.326 e. The predicted molar refractivity (Wildman–Crippen MR) is 107 cm³/mol. The molecular formula is C17H26N4O9S. The molecule has 13 nitrogen and oxygen atoms in total. The van der Waals surface area contributed by atoms with Crippen LogP contribution in [-0.2, 0) is 28.8 Å². The number of nitrogens with zero attached hydrogens (tertiary/aromatic N) is 1. The summed E-state index contributed by atoms with van der Waals surface area (Å²) in [5.74, 6) is -6.33. The van der Waals surface area contributed by atoms with E-state index in [-0.39, 0.29) is 25.1 Å². The van der Waals surface area contributed by atoms with Crippen molar-refractivity contribution in [1.29, 1.82) is 0 Å². The highest BCUT2D eigenvalue weighted by molar-refractivity contribution is 7.80. The number of hydrogen-bond donors (Lipinski definition) is 7. The number of nitrogens with one attached hydrogen (secondary N) is 2. The van der Waals surface area contributed by atoms with Crippen LogP contribution < -0.4 is 16.4 Å². The number of aliphatic carboxylic acids is 3. The quantitative estimate of drug-likeness (QED) is 0.153. The minimum Gasteiger partial charge on any atom is -0.481 e. The van der Waals surface area contributed by atoms with Crippen molar-refractivity contribution in [3.05, 3.63) is 0 Å². The van der Waals surface area contributed by atoms with Crippen molar-refractivity contribution >= 4 is 48.3 Å². The molecule has 1 fully saturated rings. The maximum Gasteiger partial charge on any atom is 0.326 e. The molecule has 0 bridgehead atoms. The highest BCUT2D eigenvalue weighted by Gasteiger charge is 2.38. The maximum atomic E-state index is 12.8. The van der Waals surface area contributed by atoms with E-state index in [0.29, 0.717) is 6.42 Å². The second-order valence-electron chi connectivity index (χ2n) is 6.97. The van der Waals surface area contributed by atoms with Crippen molar-refractivity contribution in [2.24, 2.45) is 5.73 Å². The fraction of sp³-hybridized carbons (Fsp3) is 0.647. The zero-order valence-electron chi connectivity index (χ0n) is 16.5. The van der Waals surface area contributed by atoms with Gasteiger partial charge < -0.3 is 36.6 Å². The van der Waals surface area contributed by atoms with Gasteiger partial charge in [-0.2, -0.15) is 12.6 Å². The second kappa shape index (κ2) is 12.1. The van der Waals surface area contributed by atoms with E-state index in [9.17, 15) is 33.9 Å². The van der Waals surface area contributed by atoms with Crippen LogP contribution in [-0.4, -0.2) is 92.3 Å². The molecule has 4 atom stereocenters. The summed E-state index contributed by atoms with van der Waals surface area (Å²) in [4.78, 5) is 71.3. The Morgan fingerprint density at radius 1 is 1.03 bits per heavy atom. The zero-order chi connectivity index (χ0) is 23.7. The van der Waals surface area contributed by atoms with Crippen LogP contribution in [0.4, 0.5) is 0 Å². The van der Waals surface area contributed by atoms with Crippen molar-refractivity contribution in [3.63, 3.8) is 0 Å². The average molecular weight is 462 g/mol. The predicted octanol–water partition coefficient (Wildman–Crippen LogP) is -2.37. The summed E-state index contributed by atoms with van der Waals surface area (Å²) in [6, 6.07) is -5.00. The standard InChI is InChI=1S/C17H26N4O9S/c18-8(6-13(24)25)14(26)20-10(7-31)16(28)21-5-1-2-11(21)15(27)19-9(17(29)30)3-4-12(22)23/h8-11,31H,1-7,18H2,(H,19,27)(H,20,26)(H,22,23)(H,24,25)(H,29,30). The third-order valence-corrected chi connectivity index (χ3v) is 4.99. The summed E-state index contributed by atoms with van der Waals surface area (Å²) >= 11 is 4.02. The number of carbonyl (C=O) groups is 6. The van der Waals surface area contributed by atoms with E-state index in [0.717, 1.165) is 0 Å². The van der Waals surface area contributed by atoms with Gasteiger partial charge in [0.1, 0.15) is 18.1 Å². The lowest BCUT2D eigenvalue weighted by molar-refractivity contribution is -0.145. The first kappa shape index (κ1) is 26.2. The third kappa shape index (κ3) is 8.05. The molecule has 0 aromatic rings. The Bertz CT molecular complexity index is 732. The van der Waals surface area contributed by atoms with Crippen LogP contribution in [0.2, 0.25) is 0 Å². The van der Waals surface area contributed by atoms with E-state index in [2.05, 4.69) is 23.3 Å². The molecule has 14 heteroatoms. The number of likely N-dealkylation sites (tertiary alicyclic amines) is 1. The van der Waals surface area contributed by atoms with Gasteiger partial charge in [-0.15, -0.1) is 0 Å². The lowest BCUT2D eigenvalue weighted by Crippen LogP contribution is -2.57. The zero-order valence-corrected chi connectivity index (χ0v) is 17.4. The van der Waals surface area contributed by atoms with Crippen molar-refractivity contribution in [1.82, 2.24) is 15.5 Å². The molecule has 0 aromatic heterocycles. The number of nitrogens with two attached hydrogens (primary N) is 1. The van der Waals surface area contributed by atoms with Crippen LogP contribution in [0.5, 0.6) is 0 Å². The first-order chi connectivity index (χ1) is 14.5. The van der Waals surface area contributed by atoms with E-state index in [1.807, 2.05) is 0 Å². The van der Waals surface area contributed by atoms with Crippen molar-refractivity contribution < 1.29 is 44.1 Å². The molecule has 0 radical (unpaired) electrons. The summed E-state index contributed by atoms with van der Waals surface area (Å²) < 4.78 is 0. The summed E-state index contributed by atoms with van der Waals surface area (Å²) in [7, 11) is 0. The molecule has 4 unspecified atom stereocenters. The van der Waals surface area contributed by atoms with Gasteiger partial charge in [-0.1, -0.05) is 0 Å². The molecular weight excluding hydrogens is 436 g/mol. The topological polar surface area (TPSA) is 216 Å². The molecule has 1 saturated heterocycles. The van der Waals surface area contributed by atoms with E-state index in [1.54, 1.807) is 0 Å². The van der Waals surface area contributed by atoms with Crippen molar-refractivity contribution in [2.45, 2.75) is 56.3 Å². The molecule has 31 heavy (non-hydrogen) atoms. The second-order valence-corrected chi connectivity index (χ2v) is 7.33. The number of carboxylic acid groups (broad SMARTS) is 3. The Hall–Kier alpha value is -2.87. The van der Waals surface area contributed by atoms with Gasteiger partial charge in [0.2, 0.25) is 17.7 Å². The highest BCUT2D eigenvalue weighted by atomic mass is 32.1. The Morgan fingerprint density at radius 2 is 1.68 bits per heavy atom. The summed E-state index contributed by atoms with van der Waals surface area (Å²) in [6.07, 6.45) is -0.735. The van der Waals surface area contributed by atoms with E-state index < -0.39 is 72.6 Å². The van der Waals surface area contributed by atoms with E-state index in [4.69, 9.17) is 15.9 Å².